The Balaban J connectivity index is 1.48. The number of nitrogens with zero attached hydrogens (tertiary/aromatic N) is 3. The van der Waals surface area contributed by atoms with E-state index in [4.69, 9.17) is 9.47 Å². The molecule has 222 valence electrons. The summed E-state index contributed by atoms with van der Waals surface area (Å²) in [6.07, 6.45) is -5.64. The third-order valence-corrected chi connectivity index (χ3v) is 10.0. The number of aliphatic hydroxyl groups is 2. The number of rotatable bonds is 3. The first kappa shape index (κ1) is 29.3. The number of benzene rings is 1. The number of nitrogens with one attached hydrogen (secondary N) is 1. The van der Waals surface area contributed by atoms with E-state index in [0.717, 1.165) is 16.4 Å². The number of sulfonamides is 1. The minimum Gasteiger partial charge on any atom is -0.388 e. The smallest absolute Gasteiger partial charge is 0.243 e. The van der Waals surface area contributed by atoms with Crippen LogP contribution in [0.4, 0.5) is 4.39 Å². The van der Waals surface area contributed by atoms with Crippen molar-refractivity contribution in [1.82, 2.24) is 19.4 Å². The fourth-order valence-corrected chi connectivity index (χ4v) is 7.63. The van der Waals surface area contributed by atoms with E-state index in [0.29, 0.717) is 19.5 Å². The first-order valence-electron chi connectivity index (χ1n) is 13.7. The number of hydrogen-bond acceptors (Lipinski definition) is 9. The first-order valence-corrected chi connectivity index (χ1v) is 15.1. The number of hydrogen-bond donors (Lipinski definition) is 3. The van der Waals surface area contributed by atoms with E-state index in [9.17, 15) is 32.6 Å². The van der Waals surface area contributed by atoms with Crippen LogP contribution in [0, 0.1) is 5.82 Å². The Kier molecular flexibility index (Phi) is 8.49. The zero-order chi connectivity index (χ0) is 28.8. The lowest BCUT2D eigenvalue weighted by molar-refractivity contribution is -0.144. The average Bonchev–Trinajstić information content (AvgIpc) is 3.44. The number of fused-ring (bicyclic) bond motifs is 6. The molecule has 0 aliphatic carbocycles. The van der Waals surface area contributed by atoms with Gasteiger partial charge in [-0.15, -0.1) is 0 Å². The number of carbonyl (C=O) groups excluding carboxylic acids is 2. The van der Waals surface area contributed by atoms with Crippen LogP contribution in [0.2, 0.25) is 0 Å². The number of amides is 2. The van der Waals surface area contributed by atoms with Crippen molar-refractivity contribution in [2.24, 2.45) is 0 Å². The quantitative estimate of drug-likeness (QED) is 0.403. The van der Waals surface area contributed by atoms with Crippen LogP contribution in [0.3, 0.4) is 0 Å². The highest BCUT2D eigenvalue weighted by atomic mass is 32.2. The summed E-state index contributed by atoms with van der Waals surface area (Å²) in [5, 5.41) is 24.4. The molecule has 0 radical (unpaired) electrons. The van der Waals surface area contributed by atoms with Crippen LogP contribution in [0.25, 0.3) is 0 Å². The lowest BCUT2D eigenvalue weighted by Crippen LogP contribution is -2.55. The van der Waals surface area contributed by atoms with Gasteiger partial charge in [0.05, 0.1) is 36.2 Å². The van der Waals surface area contributed by atoms with Gasteiger partial charge < -0.3 is 29.9 Å². The maximum absolute atomic E-state index is 14.0. The molecule has 12 nitrogen and oxygen atoms in total. The van der Waals surface area contributed by atoms with E-state index in [1.807, 2.05) is 18.7 Å². The number of halogens is 1. The maximum Gasteiger partial charge on any atom is 0.243 e. The Morgan fingerprint density at radius 3 is 2.55 bits per heavy atom. The molecule has 1 aromatic carbocycles. The van der Waals surface area contributed by atoms with E-state index < -0.39 is 58.3 Å². The van der Waals surface area contributed by atoms with Crippen molar-refractivity contribution < 1.29 is 42.1 Å². The lowest BCUT2D eigenvalue weighted by atomic mass is 10.0. The summed E-state index contributed by atoms with van der Waals surface area (Å²) in [4.78, 5) is 30.0. The fourth-order valence-electron chi connectivity index (χ4n) is 6.11. The first-order chi connectivity index (χ1) is 18.9. The Bertz CT molecular complexity index is 1220. The monoisotopic (exact) mass is 584 g/mol. The Labute approximate surface area is 233 Å². The molecule has 2 amide bonds. The molecule has 4 heterocycles. The summed E-state index contributed by atoms with van der Waals surface area (Å²) >= 11 is 0. The number of ether oxygens (including phenoxy) is 2. The van der Waals surface area contributed by atoms with Crippen LogP contribution in [0.15, 0.2) is 29.2 Å². The van der Waals surface area contributed by atoms with Crippen LogP contribution in [0.1, 0.15) is 26.7 Å². The van der Waals surface area contributed by atoms with E-state index in [-0.39, 0.29) is 55.5 Å². The van der Waals surface area contributed by atoms with E-state index >= 15 is 0 Å². The van der Waals surface area contributed by atoms with E-state index in [2.05, 4.69) is 5.32 Å². The van der Waals surface area contributed by atoms with Gasteiger partial charge in [-0.1, -0.05) is 6.07 Å². The molecule has 4 fully saturated rings. The molecule has 14 heteroatoms. The molecule has 40 heavy (non-hydrogen) atoms. The van der Waals surface area contributed by atoms with Gasteiger partial charge in [-0.05, 0) is 38.5 Å². The van der Waals surface area contributed by atoms with Gasteiger partial charge in [-0.25, -0.2) is 12.8 Å². The van der Waals surface area contributed by atoms with Crippen molar-refractivity contribution in [3.8, 4) is 0 Å². The van der Waals surface area contributed by atoms with Crippen LogP contribution in [-0.4, -0.2) is 133 Å². The molecule has 7 atom stereocenters. The normalized spacial score (nSPS) is 34.9. The zero-order valence-corrected chi connectivity index (χ0v) is 23.4. The summed E-state index contributed by atoms with van der Waals surface area (Å²) in [6, 6.07) is 3.87. The molecule has 4 aliphatic heterocycles. The highest BCUT2D eigenvalue weighted by molar-refractivity contribution is 7.89. The molecule has 4 aliphatic rings. The second-order valence-electron chi connectivity index (χ2n) is 11.3. The topological polar surface area (TPSA) is 149 Å². The fraction of sp³-hybridized carbons (Fsp3) is 0.692. The summed E-state index contributed by atoms with van der Waals surface area (Å²) in [6.45, 7) is 4.53. The third kappa shape index (κ3) is 5.89. The number of likely N-dealkylation sites (tertiary alicyclic amines) is 1. The SMILES string of the molecule is CC(C)N1C[C@@H]2C[C@H]1C(=O)N1CCO[C@@H](C1)CN(S(=O)(=O)c1cccc(F)c1)C[C@H]1O[C@@H](CC(=O)N2)[C@H](O)[C@@H]1O. The molecular formula is C26H37FN4O8S. The van der Waals surface area contributed by atoms with Gasteiger partial charge >= 0.3 is 0 Å². The molecule has 0 spiro atoms. The van der Waals surface area contributed by atoms with Crippen LogP contribution < -0.4 is 5.32 Å². The van der Waals surface area contributed by atoms with Crippen LogP contribution >= 0.6 is 0 Å². The Morgan fingerprint density at radius 2 is 1.82 bits per heavy atom. The molecule has 6 bridgehead atoms. The third-order valence-electron chi connectivity index (χ3n) is 8.18. The highest BCUT2D eigenvalue weighted by Gasteiger charge is 2.47. The van der Waals surface area contributed by atoms with Gasteiger partial charge in [0.2, 0.25) is 21.8 Å². The van der Waals surface area contributed by atoms with E-state index in [1.54, 1.807) is 4.90 Å². The van der Waals surface area contributed by atoms with Crippen LogP contribution in [0.5, 0.6) is 0 Å². The maximum atomic E-state index is 14.0. The van der Waals surface area contributed by atoms with Crippen molar-refractivity contribution in [2.45, 2.75) is 80.2 Å². The number of morpholine rings is 1. The molecule has 0 aromatic heterocycles. The predicted molar refractivity (Wildman–Crippen MR) is 139 cm³/mol. The predicted octanol–water partition coefficient (Wildman–Crippen LogP) is -1.10. The number of aliphatic hydroxyl groups excluding tert-OH is 2. The summed E-state index contributed by atoms with van der Waals surface area (Å²) in [5.74, 6) is -1.24. The lowest BCUT2D eigenvalue weighted by Gasteiger charge is -2.38. The second kappa shape index (κ2) is 11.6. The molecule has 0 saturated carbocycles. The molecular weight excluding hydrogens is 547 g/mol. The minimum atomic E-state index is -4.31. The van der Waals surface area contributed by atoms with Crippen molar-refractivity contribution in [3.05, 3.63) is 30.1 Å². The molecule has 5 rings (SSSR count). The van der Waals surface area contributed by atoms with Gasteiger partial charge in [0.25, 0.3) is 0 Å². The molecule has 0 unspecified atom stereocenters. The van der Waals surface area contributed by atoms with Gasteiger partial charge in [-0.3, -0.25) is 14.5 Å². The van der Waals surface area contributed by atoms with Crippen molar-refractivity contribution in [1.29, 1.82) is 0 Å². The number of carbonyl (C=O) groups is 2. The molecule has 3 N–H and O–H groups in total. The van der Waals surface area contributed by atoms with Crippen molar-refractivity contribution >= 4 is 21.8 Å². The largest absolute Gasteiger partial charge is 0.388 e. The zero-order valence-electron chi connectivity index (χ0n) is 22.6. The molecule has 4 saturated heterocycles. The Hall–Kier alpha value is -2.20. The van der Waals surface area contributed by atoms with E-state index in [1.165, 1.54) is 12.1 Å². The van der Waals surface area contributed by atoms with Gasteiger partial charge in [0.15, 0.2) is 0 Å². The molecule has 1 aromatic rings. The van der Waals surface area contributed by atoms with Gasteiger partial charge in [-0.2, -0.15) is 4.31 Å². The average molecular weight is 585 g/mol. The standard InChI is InChI=1S/C26H37FN4O8S/c1-15(2)31-11-17-9-20(31)26(35)29-6-7-38-18(12-29)13-30(40(36,37)19-5-3-4-16(27)8-19)14-22-25(34)24(33)21(39-22)10-23(32)28-17/h3-5,8,15,17-18,20-22,24-25,33-34H,6-7,9-14H2,1-2H3,(H,28,32)/t17-,18-,20-,21-,22+,24-,25+/m0/s1. The second-order valence-corrected chi connectivity index (χ2v) is 13.2. The van der Waals surface area contributed by atoms with Crippen molar-refractivity contribution in [3.63, 3.8) is 0 Å². The van der Waals surface area contributed by atoms with Crippen LogP contribution in [-0.2, 0) is 29.1 Å². The van der Waals surface area contributed by atoms with Gasteiger partial charge in [0, 0.05) is 44.8 Å². The minimum absolute atomic E-state index is 0.0394. The Morgan fingerprint density at radius 1 is 1.07 bits per heavy atom. The van der Waals surface area contributed by atoms with Gasteiger partial charge in [0.1, 0.15) is 24.1 Å². The summed E-state index contributed by atoms with van der Waals surface area (Å²) in [7, 11) is -4.31. The highest BCUT2D eigenvalue weighted by Crippen LogP contribution is 2.29. The summed E-state index contributed by atoms with van der Waals surface area (Å²) in [5.41, 5.74) is 0. The van der Waals surface area contributed by atoms with Crippen molar-refractivity contribution in [2.75, 3.05) is 39.3 Å². The summed E-state index contributed by atoms with van der Waals surface area (Å²) < 4.78 is 54.1.